The first kappa shape index (κ1) is 17.7. The zero-order chi connectivity index (χ0) is 15.9. The number of rotatable bonds is 9. The van der Waals surface area contributed by atoms with Crippen LogP contribution in [0, 0.1) is 0 Å². The van der Waals surface area contributed by atoms with Crippen molar-refractivity contribution in [3.05, 3.63) is 36.9 Å². The van der Waals surface area contributed by atoms with Crippen LogP contribution in [0.3, 0.4) is 0 Å². The highest BCUT2D eigenvalue weighted by Crippen LogP contribution is 2.18. The van der Waals surface area contributed by atoms with Gasteiger partial charge in [0.25, 0.3) is 0 Å². The molecule has 1 atom stereocenters. The van der Waals surface area contributed by atoms with E-state index in [1.807, 2.05) is 6.08 Å². The monoisotopic (exact) mass is 311 g/mol. The zero-order valence-corrected chi connectivity index (χ0v) is 13.9. The van der Waals surface area contributed by atoms with Gasteiger partial charge in [0.2, 0.25) is 0 Å². The molecule has 21 heavy (non-hydrogen) atoms. The number of allylic oxidation sites excluding steroid dienone is 1. The predicted octanol–water partition coefficient (Wildman–Crippen LogP) is 2.76. The molecule has 0 radical (unpaired) electrons. The highest BCUT2D eigenvalue weighted by atomic mass is 32.2. The second-order valence-corrected chi connectivity index (χ2v) is 7.22. The maximum atomic E-state index is 11.4. The average molecular weight is 311 g/mol. The fourth-order valence-corrected chi connectivity index (χ4v) is 2.56. The summed E-state index contributed by atoms with van der Waals surface area (Å²) in [4.78, 5) is 2.50. The molecule has 4 nitrogen and oxygen atoms in total. The highest BCUT2D eigenvalue weighted by molar-refractivity contribution is 7.90. The lowest BCUT2D eigenvalue weighted by Crippen LogP contribution is -2.32. The van der Waals surface area contributed by atoms with Crippen LogP contribution in [0.5, 0.6) is 5.75 Å². The molecular formula is C16H25NO3S. The van der Waals surface area contributed by atoms with E-state index in [4.69, 9.17) is 4.74 Å². The summed E-state index contributed by atoms with van der Waals surface area (Å²) in [5.74, 6) is 0.695. The van der Waals surface area contributed by atoms with Gasteiger partial charge in [-0.2, -0.15) is 0 Å². The third-order valence-corrected chi connectivity index (χ3v) is 4.43. The Labute approximate surface area is 128 Å². The van der Waals surface area contributed by atoms with E-state index in [1.165, 1.54) is 6.26 Å². The first-order valence-electron chi connectivity index (χ1n) is 7.13. The molecule has 0 N–H and O–H groups in total. The summed E-state index contributed by atoms with van der Waals surface area (Å²) in [6.45, 7) is 7.64. The minimum Gasteiger partial charge on any atom is -0.489 e. The third kappa shape index (κ3) is 6.31. The van der Waals surface area contributed by atoms with E-state index < -0.39 is 9.84 Å². The Morgan fingerprint density at radius 3 is 2.43 bits per heavy atom. The van der Waals surface area contributed by atoms with Gasteiger partial charge in [-0.15, -0.1) is 6.58 Å². The van der Waals surface area contributed by atoms with Gasteiger partial charge in [0, 0.05) is 12.8 Å². The average Bonchev–Trinajstić information content (AvgIpc) is 2.44. The molecule has 0 spiro atoms. The molecule has 0 amide bonds. The van der Waals surface area contributed by atoms with Gasteiger partial charge < -0.3 is 9.64 Å². The van der Waals surface area contributed by atoms with Gasteiger partial charge >= 0.3 is 0 Å². The Hall–Kier alpha value is -1.33. The fourth-order valence-electron chi connectivity index (χ4n) is 1.93. The molecule has 0 aliphatic heterocycles. The third-order valence-electron chi connectivity index (χ3n) is 3.30. The van der Waals surface area contributed by atoms with Crippen molar-refractivity contribution in [3.63, 3.8) is 0 Å². The SMILES string of the molecule is C=CCC[C@H](CN(C)CC)Oc1ccc(S(C)(=O)=O)cc1. The Morgan fingerprint density at radius 1 is 1.33 bits per heavy atom. The normalized spacial score (nSPS) is 13.1. The quantitative estimate of drug-likeness (QED) is 0.658. The standard InChI is InChI=1S/C16H25NO3S/c1-5-7-8-15(13-17(3)6-2)20-14-9-11-16(12-10-14)21(4,18)19/h5,9-12,15H,1,6-8,13H2,2-4H3/t15-/m1/s1. The minimum absolute atomic E-state index is 0.0667. The van der Waals surface area contributed by atoms with E-state index in [-0.39, 0.29) is 6.10 Å². The summed E-state index contributed by atoms with van der Waals surface area (Å²) >= 11 is 0. The number of hydrogen-bond acceptors (Lipinski definition) is 4. The first-order valence-corrected chi connectivity index (χ1v) is 9.02. The van der Waals surface area contributed by atoms with Crippen LogP contribution in [-0.2, 0) is 9.84 Å². The Bertz CT molecular complexity index is 537. The Morgan fingerprint density at radius 2 is 1.95 bits per heavy atom. The van der Waals surface area contributed by atoms with Crippen LogP contribution in [0.4, 0.5) is 0 Å². The second kappa shape index (κ2) is 8.20. The lowest BCUT2D eigenvalue weighted by Gasteiger charge is -2.24. The number of likely N-dealkylation sites (N-methyl/N-ethyl adjacent to an activating group) is 1. The van der Waals surface area contributed by atoms with Crippen molar-refractivity contribution in [2.24, 2.45) is 0 Å². The van der Waals surface area contributed by atoms with Crippen molar-refractivity contribution in [1.82, 2.24) is 4.90 Å². The predicted molar refractivity (Wildman–Crippen MR) is 86.6 cm³/mol. The van der Waals surface area contributed by atoms with Crippen molar-refractivity contribution < 1.29 is 13.2 Å². The molecule has 0 fully saturated rings. The molecule has 0 bridgehead atoms. The number of nitrogens with zero attached hydrogens (tertiary/aromatic N) is 1. The molecule has 1 rings (SSSR count). The van der Waals surface area contributed by atoms with Crippen molar-refractivity contribution in [3.8, 4) is 5.75 Å². The maximum Gasteiger partial charge on any atom is 0.175 e. The molecule has 5 heteroatoms. The summed E-state index contributed by atoms with van der Waals surface area (Å²) in [6.07, 6.45) is 4.93. The van der Waals surface area contributed by atoms with Crippen molar-refractivity contribution in [2.45, 2.75) is 30.8 Å². The maximum absolute atomic E-state index is 11.4. The summed E-state index contributed by atoms with van der Waals surface area (Å²) in [5, 5.41) is 0. The highest BCUT2D eigenvalue weighted by Gasteiger charge is 2.13. The largest absolute Gasteiger partial charge is 0.489 e. The van der Waals surface area contributed by atoms with Gasteiger partial charge in [0.1, 0.15) is 11.9 Å². The van der Waals surface area contributed by atoms with Crippen LogP contribution in [0.1, 0.15) is 19.8 Å². The van der Waals surface area contributed by atoms with E-state index in [0.29, 0.717) is 10.6 Å². The minimum atomic E-state index is -3.16. The molecule has 118 valence electrons. The molecular weight excluding hydrogens is 286 g/mol. The van der Waals surface area contributed by atoms with Gasteiger partial charge in [0.05, 0.1) is 4.90 Å². The van der Waals surface area contributed by atoms with Gasteiger partial charge in [-0.05, 0) is 50.7 Å². The van der Waals surface area contributed by atoms with E-state index in [1.54, 1.807) is 24.3 Å². The molecule has 1 aromatic rings. The summed E-state index contributed by atoms with van der Waals surface area (Å²) in [7, 11) is -1.11. The van der Waals surface area contributed by atoms with Crippen LogP contribution in [0.2, 0.25) is 0 Å². The first-order chi connectivity index (χ1) is 9.86. The van der Waals surface area contributed by atoms with E-state index >= 15 is 0 Å². The van der Waals surface area contributed by atoms with Crippen molar-refractivity contribution >= 4 is 9.84 Å². The number of benzene rings is 1. The Balaban J connectivity index is 2.75. The van der Waals surface area contributed by atoms with Crippen molar-refractivity contribution in [1.29, 1.82) is 0 Å². The van der Waals surface area contributed by atoms with Gasteiger partial charge in [-0.3, -0.25) is 0 Å². The van der Waals surface area contributed by atoms with E-state index in [2.05, 4.69) is 25.5 Å². The van der Waals surface area contributed by atoms with E-state index in [0.717, 1.165) is 25.9 Å². The fraction of sp³-hybridized carbons (Fsp3) is 0.500. The molecule has 0 saturated heterocycles. The van der Waals surface area contributed by atoms with E-state index in [9.17, 15) is 8.42 Å². The number of ether oxygens (including phenoxy) is 1. The van der Waals surface area contributed by atoms with Gasteiger partial charge in [-0.1, -0.05) is 13.0 Å². The molecule has 1 aromatic carbocycles. The van der Waals surface area contributed by atoms with Crippen LogP contribution in [0.25, 0.3) is 0 Å². The van der Waals surface area contributed by atoms with Crippen molar-refractivity contribution in [2.75, 3.05) is 26.4 Å². The lowest BCUT2D eigenvalue weighted by molar-refractivity contribution is 0.143. The molecule has 0 saturated carbocycles. The molecule has 0 heterocycles. The van der Waals surface area contributed by atoms with Crippen LogP contribution < -0.4 is 4.74 Å². The zero-order valence-electron chi connectivity index (χ0n) is 13.1. The molecule has 0 aliphatic carbocycles. The topological polar surface area (TPSA) is 46.6 Å². The smallest absolute Gasteiger partial charge is 0.175 e. The Kier molecular flexibility index (Phi) is 6.92. The molecule has 0 unspecified atom stereocenters. The second-order valence-electron chi connectivity index (χ2n) is 5.20. The molecule has 0 aromatic heterocycles. The van der Waals surface area contributed by atoms with Gasteiger partial charge in [-0.25, -0.2) is 8.42 Å². The van der Waals surface area contributed by atoms with Gasteiger partial charge in [0.15, 0.2) is 9.84 Å². The summed E-state index contributed by atoms with van der Waals surface area (Å²) in [6, 6.07) is 6.59. The number of sulfone groups is 1. The summed E-state index contributed by atoms with van der Waals surface area (Å²) < 4.78 is 28.8. The van der Waals surface area contributed by atoms with Crippen LogP contribution in [0.15, 0.2) is 41.8 Å². The summed E-state index contributed by atoms with van der Waals surface area (Å²) in [5.41, 5.74) is 0. The molecule has 0 aliphatic rings. The van der Waals surface area contributed by atoms with Crippen LogP contribution >= 0.6 is 0 Å². The van der Waals surface area contributed by atoms with Crippen LogP contribution in [-0.4, -0.2) is 45.8 Å². The lowest BCUT2D eigenvalue weighted by atomic mass is 10.2. The number of hydrogen-bond donors (Lipinski definition) is 0.